The lowest BCUT2D eigenvalue weighted by molar-refractivity contribution is 0.0960. The Morgan fingerprint density at radius 3 is 1.52 bits per heavy atom. The van der Waals surface area contributed by atoms with Crippen molar-refractivity contribution in [3.8, 4) is 33.8 Å². The molecule has 0 atom stereocenters. The van der Waals surface area contributed by atoms with Gasteiger partial charge in [0.1, 0.15) is 11.5 Å². The van der Waals surface area contributed by atoms with E-state index in [-0.39, 0.29) is 5.91 Å². The van der Waals surface area contributed by atoms with Crippen molar-refractivity contribution in [3.05, 3.63) is 96.8 Å². The molecule has 0 radical (unpaired) electrons. The van der Waals surface area contributed by atoms with Gasteiger partial charge in [-0.2, -0.15) is 0 Å². The first-order valence-electron chi connectivity index (χ1n) is 9.30. The molecule has 0 aliphatic heterocycles. The highest BCUT2D eigenvalue weighted by atomic mass is 16.5. The maximum absolute atomic E-state index is 13.0. The summed E-state index contributed by atoms with van der Waals surface area (Å²) >= 11 is 0. The number of hydrogen-bond donors (Lipinski definition) is 0. The minimum Gasteiger partial charge on any atom is -0.497 e. The maximum atomic E-state index is 13.0. The molecule has 144 valence electrons. The van der Waals surface area contributed by atoms with Gasteiger partial charge in [-0.1, -0.05) is 42.5 Å². The highest BCUT2D eigenvalue weighted by Crippen LogP contribution is 2.35. The predicted molar refractivity (Wildman–Crippen MR) is 115 cm³/mol. The SMILES string of the molecule is COc1ccc(-c2cn(C(=O)c3ccccc3)cc2-c2ccc(OC)cc2)cc1. The van der Waals surface area contributed by atoms with Gasteiger partial charge in [-0.15, -0.1) is 0 Å². The quantitative estimate of drug-likeness (QED) is 0.455. The van der Waals surface area contributed by atoms with Crippen LogP contribution in [0.2, 0.25) is 0 Å². The van der Waals surface area contributed by atoms with Gasteiger partial charge in [0.15, 0.2) is 0 Å². The maximum Gasteiger partial charge on any atom is 0.261 e. The largest absolute Gasteiger partial charge is 0.497 e. The van der Waals surface area contributed by atoms with Crippen molar-refractivity contribution in [3.63, 3.8) is 0 Å². The van der Waals surface area contributed by atoms with Gasteiger partial charge < -0.3 is 9.47 Å². The van der Waals surface area contributed by atoms with Gasteiger partial charge in [0.2, 0.25) is 0 Å². The Hall–Kier alpha value is -3.79. The molecule has 4 heteroatoms. The smallest absolute Gasteiger partial charge is 0.261 e. The first kappa shape index (κ1) is 18.6. The lowest BCUT2D eigenvalue weighted by atomic mass is 9.99. The number of aromatic nitrogens is 1. The van der Waals surface area contributed by atoms with E-state index in [1.807, 2.05) is 91.3 Å². The minimum atomic E-state index is -0.0693. The highest BCUT2D eigenvalue weighted by Gasteiger charge is 2.16. The van der Waals surface area contributed by atoms with Gasteiger partial charge in [-0.25, -0.2) is 0 Å². The number of hydrogen-bond acceptors (Lipinski definition) is 3. The van der Waals surface area contributed by atoms with Crippen LogP contribution in [0, 0.1) is 0 Å². The van der Waals surface area contributed by atoms with Crippen molar-refractivity contribution < 1.29 is 14.3 Å². The molecule has 0 amide bonds. The number of carbonyl (C=O) groups is 1. The number of benzene rings is 3. The molecular weight excluding hydrogens is 362 g/mol. The molecule has 0 N–H and O–H groups in total. The predicted octanol–water partition coefficient (Wildman–Crippen LogP) is 5.53. The van der Waals surface area contributed by atoms with Crippen LogP contribution in [0.5, 0.6) is 11.5 Å². The molecule has 4 rings (SSSR count). The number of carbonyl (C=O) groups excluding carboxylic acids is 1. The summed E-state index contributed by atoms with van der Waals surface area (Å²) in [6.45, 7) is 0. The van der Waals surface area contributed by atoms with E-state index in [0.717, 1.165) is 33.8 Å². The number of nitrogens with zero attached hydrogens (tertiary/aromatic N) is 1. The van der Waals surface area contributed by atoms with Crippen LogP contribution in [0.3, 0.4) is 0 Å². The Morgan fingerprint density at radius 1 is 0.655 bits per heavy atom. The third kappa shape index (κ3) is 3.78. The van der Waals surface area contributed by atoms with E-state index >= 15 is 0 Å². The molecule has 4 aromatic rings. The molecule has 0 saturated carbocycles. The van der Waals surface area contributed by atoms with Crippen LogP contribution in [0.25, 0.3) is 22.3 Å². The van der Waals surface area contributed by atoms with Crippen LogP contribution in [0.1, 0.15) is 10.4 Å². The van der Waals surface area contributed by atoms with E-state index in [0.29, 0.717) is 5.56 Å². The molecule has 4 nitrogen and oxygen atoms in total. The second kappa shape index (κ2) is 8.07. The van der Waals surface area contributed by atoms with Crippen LogP contribution in [0.15, 0.2) is 91.3 Å². The van der Waals surface area contributed by atoms with E-state index in [1.165, 1.54) is 0 Å². The topological polar surface area (TPSA) is 40.5 Å². The zero-order valence-corrected chi connectivity index (χ0v) is 16.3. The molecule has 0 unspecified atom stereocenters. The second-order valence-corrected chi connectivity index (χ2v) is 6.62. The third-order valence-electron chi connectivity index (χ3n) is 4.88. The highest BCUT2D eigenvalue weighted by molar-refractivity contribution is 5.98. The molecule has 3 aromatic carbocycles. The van der Waals surface area contributed by atoms with Gasteiger partial charge in [0.25, 0.3) is 5.91 Å². The van der Waals surface area contributed by atoms with Crippen LogP contribution in [-0.4, -0.2) is 24.7 Å². The standard InChI is InChI=1S/C25H21NO3/c1-28-21-12-8-18(9-13-21)23-16-26(25(27)20-6-4-3-5-7-20)17-24(23)19-10-14-22(29-2)15-11-19/h3-17H,1-2H3. The Labute approximate surface area is 170 Å². The summed E-state index contributed by atoms with van der Waals surface area (Å²) < 4.78 is 12.2. The van der Waals surface area contributed by atoms with E-state index < -0.39 is 0 Å². The number of rotatable bonds is 5. The molecule has 0 spiro atoms. The molecule has 29 heavy (non-hydrogen) atoms. The summed E-state index contributed by atoms with van der Waals surface area (Å²) in [5.74, 6) is 1.51. The van der Waals surface area contributed by atoms with E-state index in [2.05, 4.69) is 0 Å². The fraction of sp³-hybridized carbons (Fsp3) is 0.0800. The van der Waals surface area contributed by atoms with Crippen molar-refractivity contribution in [1.82, 2.24) is 4.57 Å². The summed E-state index contributed by atoms with van der Waals surface area (Å²) in [7, 11) is 3.29. The molecule has 1 aromatic heterocycles. The normalized spacial score (nSPS) is 10.6. The second-order valence-electron chi connectivity index (χ2n) is 6.62. The van der Waals surface area contributed by atoms with E-state index in [4.69, 9.17) is 9.47 Å². The zero-order chi connectivity index (χ0) is 20.2. The number of ether oxygens (including phenoxy) is 2. The molecule has 0 bridgehead atoms. The van der Waals surface area contributed by atoms with Crippen molar-refractivity contribution in [1.29, 1.82) is 0 Å². The molecule has 1 heterocycles. The van der Waals surface area contributed by atoms with Crippen LogP contribution < -0.4 is 9.47 Å². The van der Waals surface area contributed by atoms with Gasteiger partial charge in [0.05, 0.1) is 14.2 Å². The fourth-order valence-corrected chi connectivity index (χ4v) is 3.30. The van der Waals surface area contributed by atoms with Gasteiger partial charge in [-0.05, 0) is 47.5 Å². The van der Waals surface area contributed by atoms with Crippen LogP contribution in [-0.2, 0) is 0 Å². The average molecular weight is 383 g/mol. The molecular formula is C25H21NO3. The summed E-state index contributed by atoms with van der Waals surface area (Å²) in [5.41, 5.74) is 4.61. The lowest BCUT2D eigenvalue weighted by Gasteiger charge is -2.07. The molecule has 0 fully saturated rings. The lowest BCUT2D eigenvalue weighted by Crippen LogP contribution is -2.09. The minimum absolute atomic E-state index is 0.0693. The van der Waals surface area contributed by atoms with Gasteiger partial charge >= 0.3 is 0 Å². The molecule has 0 aliphatic carbocycles. The summed E-state index contributed by atoms with van der Waals surface area (Å²) in [6, 6.07) is 25.0. The zero-order valence-electron chi connectivity index (χ0n) is 16.3. The van der Waals surface area contributed by atoms with E-state index in [1.54, 1.807) is 18.8 Å². The number of methoxy groups -OCH3 is 2. The molecule has 0 aliphatic rings. The summed E-state index contributed by atoms with van der Waals surface area (Å²) in [6.07, 6.45) is 3.77. The Kier molecular flexibility index (Phi) is 5.16. The Bertz CT molecular complexity index is 1050. The first-order chi connectivity index (χ1) is 14.2. The summed E-state index contributed by atoms with van der Waals surface area (Å²) in [5, 5.41) is 0. The average Bonchev–Trinajstić information content (AvgIpc) is 3.24. The van der Waals surface area contributed by atoms with Gasteiger partial charge in [0, 0.05) is 29.1 Å². The van der Waals surface area contributed by atoms with E-state index in [9.17, 15) is 4.79 Å². The van der Waals surface area contributed by atoms with Crippen molar-refractivity contribution >= 4 is 5.91 Å². The van der Waals surface area contributed by atoms with Crippen molar-refractivity contribution in [2.75, 3.05) is 14.2 Å². The van der Waals surface area contributed by atoms with Crippen molar-refractivity contribution in [2.45, 2.75) is 0 Å². The Balaban J connectivity index is 1.82. The van der Waals surface area contributed by atoms with Crippen LogP contribution >= 0.6 is 0 Å². The fourth-order valence-electron chi connectivity index (χ4n) is 3.30. The summed E-state index contributed by atoms with van der Waals surface area (Å²) in [4.78, 5) is 13.0. The Morgan fingerprint density at radius 2 is 1.10 bits per heavy atom. The van der Waals surface area contributed by atoms with Gasteiger partial charge in [-0.3, -0.25) is 9.36 Å². The van der Waals surface area contributed by atoms with Crippen LogP contribution in [0.4, 0.5) is 0 Å². The third-order valence-corrected chi connectivity index (χ3v) is 4.88. The molecule has 0 saturated heterocycles. The monoisotopic (exact) mass is 383 g/mol. The first-order valence-corrected chi connectivity index (χ1v) is 9.30. The van der Waals surface area contributed by atoms with Crippen molar-refractivity contribution in [2.24, 2.45) is 0 Å².